The fourth-order valence-corrected chi connectivity index (χ4v) is 4.33. The number of carbonyl (C=O) groups is 4. The molecule has 0 aromatic heterocycles. The summed E-state index contributed by atoms with van der Waals surface area (Å²) >= 11 is 0. The molecule has 1 saturated heterocycles. The van der Waals surface area contributed by atoms with Gasteiger partial charge in [0.25, 0.3) is 11.8 Å². The van der Waals surface area contributed by atoms with Crippen LogP contribution in [0.1, 0.15) is 56.4 Å². The zero-order valence-electron chi connectivity index (χ0n) is 18.8. The van der Waals surface area contributed by atoms with Gasteiger partial charge in [-0.3, -0.25) is 24.1 Å². The Morgan fingerprint density at radius 1 is 0.939 bits per heavy atom. The van der Waals surface area contributed by atoms with Crippen LogP contribution < -0.4 is 4.90 Å². The van der Waals surface area contributed by atoms with Gasteiger partial charge in [-0.25, -0.2) is 4.39 Å². The van der Waals surface area contributed by atoms with Crippen LogP contribution in [-0.2, 0) is 4.79 Å². The van der Waals surface area contributed by atoms with E-state index in [1.54, 1.807) is 35.2 Å². The van der Waals surface area contributed by atoms with Crippen LogP contribution in [0, 0.1) is 12.7 Å². The van der Waals surface area contributed by atoms with Gasteiger partial charge in [-0.2, -0.15) is 0 Å². The van der Waals surface area contributed by atoms with Crippen molar-refractivity contribution in [2.45, 2.75) is 26.7 Å². The molecule has 4 rings (SSSR count). The van der Waals surface area contributed by atoms with Crippen LogP contribution >= 0.6 is 0 Å². The molecule has 2 aliphatic rings. The van der Waals surface area contributed by atoms with Gasteiger partial charge in [-0.05, 0) is 50.6 Å². The number of imide groups is 1. The molecule has 172 valence electrons. The summed E-state index contributed by atoms with van der Waals surface area (Å²) in [6.45, 7) is 5.35. The lowest BCUT2D eigenvalue weighted by Gasteiger charge is -2.36. The third-order valence-corrected chi connectivity index (χ3v) is 6.23. The number of benzene rings is 2. The van der Waals surface area contributed by atoms with Gasteiger partial charge in [0.2, 0.25) is 5.91 Å². The third kappa shape index (κ3) is 4.51. The number of carbonyl (C=O) groups excluding carboxylic acids is 4. The fourth-order valence-electron chi connectivity index (χ4n) is 4.33. The van der Waals surface area contributed by atoms with Gasteiger partial charge in [-0.15, -0.1) is 0 Å². The molecule has 0 saturated carbocycles. The number of halogens is 1. The minimum absolute atomic E-state index is 0.0468. The molecule has 0 radical (unpaired) electrons. The maximum Gasteiger partial charge on any atom is 0.261 e. The molecule has 7 nitrogen and oxygen atoms in total. The molecule has 3 amide bonds. The molecule has 0 atom stereocenters. The molecular weight excluding hydrogens is 425 g/mol. The number of amides is 3. The molecule has 2 aromatic rings. The van der Waals surface area contributed by atoms with E-state index >= 15 is 0 Å². The second-order valence-electron chi connectivity index (χ2n) is 8.50. The Hall–Kier alpha value is -3.55. The highest BCUT2D eigenvalue weighted by molar-refractivity contribution is 6.21. The van der Waals surface area contributed by atoms with E-state index in [2.05, 4.69) is 0 Å². The molecule has 0 spiro atoms. The number of fused-ring (bicyclic) bond motifs is 1. The van der Waals surface area contributed by atoms with Gasteiger partial charge in [-0.1, -0.05) is 11.6 Å². The summed E-state index contributed by atoms with van der Waals surface area (Å²) in [6.07, 6.45) is 0.624. The van der Waals surface area contributed by atoms with Crippen molar-refractivity contribution in [2.75, 3.05) is 37.6 Å². The Balaban J connectivity index is 1.27. The number of nitrogens with zero attached hydrogens (tertiary/aromatic N) is 3. The van der Waals surface area contributed by atoms with E-state index in [9.17, 15) is 23.6 Å². The monoisotopic (exact) mass is 451 g/mol. The smallest absolute Gasteiger partial charge is 0.261 e. The Kier molecular flexibility index (Phi) is 6.26. The average Bonchev–Trinajstić information content (AvgIpc) is 3.03. The maximum atomic E-state index is 14.4. The molecule has 0 aliphatic carbocycles. The molecule has 2 heterocycles. The van der Waals surface area contributed by atoms with E-state index in [0.29, 0.717) is 55.0 Å². The number of hydrogen-bond donors (Lipinski definition) is 0. The van der Waals surface area contributed by atoms with E-state index in [1.807, 2.05) is 11.8 Å². The second kappa shape index (κ2) is 9.13. The summed E-state index contributed by atoms with van der Waals surface area (Å²) in [5.74, 6) is -1.30. The first-order valence-electron chi connectivity index (χ1n) is 11.1. The van der Waals surface area contributed by atoms with E-state index in [4.69, 9.17) is 0 Å². The first-order chi connectivity index (χ1) is 15.8. The molecule has 2 aromatic carbocycles. The van der Waals surface area contributed by atoms with Crippen molar-refractivity contribution in [3.05, 3.63) is 64.5 Å². The predicted molar refractivity (Wildman–Crippen MR) is 121 cm³/mol. The largest absolute Gasteiger partial charge is 0.366 e. The van der Waals surface area contributed by atoms with Crippen LogP contribution in [0.5, 0.6) is 0 Å². The lowest BCUT2D eigenvalue weighted by molar-refractivity contribution is -0.131. The zero-order chi connectivity index (χ0) is 23.7. The van der Waals surface area contributed by atoms with Crippen LogP contribution in [0.2, 0.25) is 0 Å². The van der Waals surface area contributed by atoms with Gasteiger partial charge in [0, 0.05) is 44.7 Å². The predicted octanol–water partition coefficient (Wildman–Crippen LogP) is 3.06. The number of ketones is 1. The Labute approximate surface area is 191 Å². The molecule has 2 aliphatic heterocycles. The SMILES string of the molecule is CC(=O)c1ccc(N2CCN(C(=O)CCCN3C(=O)c4ccc(C)cc4C3=O)CC2)c(F)c1. The van der Waals surface area contributed by atoms with Crippen LogP contribution in [0.3, 0.4) is 0 Å². The minimum atomic E-state index is -0.446. The summed E-state index contributed by atoms with van der Waals surface area (Å²) in [5.41, 5.74) is 2.51. The van der Waals surface area contributed by atoms with Crippen LogP contribution in [0.15, 0.2) is 36.4 Å². The Morgan fingerprint density at radius 3 is 2.30 bits per heavy atom. The first kappa shape index (κ1) is 22.6. The highest BCUT2D eigenvalue weighted by atomic mass is 19.1. The van der Waals surface area contributed by atoms with Crippen molar-refractivity contribution in [2.24, 2.45) is 0 Å². The molecule has 8 heteroatoms. The van der Waals surface area contributed by atoms with Crippen molar-refractivity contribution in [3.8, 4) is 0 Å². The van der Waals surface area contributed by atoms with Crippen molar-refractivity contribution < 1.29 is 23.6 Å². The summed E-state index contributed by atoms with van der Waals surface area (Å²) in [6, 6.07) is 9.66. The van der Waals surface area contributed by atoms with Crippen molar-refractivity contribution in [1.82, 2.24) is 9.80 Å². The van der Waals surface area contributed by atoms with Crippen molar-refractivity contribution in [3.63, 3.8) is 0 Å². The maximum absolute atomic E-state index is 14.4. The van der Waals surface area contributed by atoms with E-state index in [1.165, 1.54) is 17.9 Å². The Morgan fingerprint density at radius 2 is 1.64 bits per heavy atom. The van der Waals surface area contributed by atoms with Gasteiger partial charge in [0.1, 0.15) is 5.82 Å². The van der Waals surface area contributed by atoms with Crippen LogP contribution in [-0.4, -0.2) is 66.0 Å². The number of rotatable bonds is 6. The fraction of sp³-hybridized carbons (Fsp3) is 0.360. The molecular formula is C25H26FN3O4. The van der Waals surface area contributed by atoms with Gasteiger partial charge in [0.15, 0.2) is 5.78 Å². The Bertz CT molecular complexity index is 1140. The molecule has 0 N–H and O–H groups in total. The van der Waals surface area contributed by atoms with E-state index in [-0.39, 0.29) is 36.5 Å². The number of Topliss-reactive ketones (excluding diaryl/α,β-unsaturated/α-hetero) is 1. The molecule has 33 heavy (non-hydrogen) atoms. The standard InChI is InChI=1S/C25H26FN3O4/c1-16-5-7-19-20(14-16)25(33)29(24(19)32)9-3-4-23(31)28-12-10-27(11-13-28)22-8-6-18(17(2)30)15-21(22)26/h5-8,14-15H,3-4,9-13H2,1-2H3. The number of hydrogen-bond acceptors (Lipinski definition) is 5. The number of anilines is 1. The highest BCUT2D eigenvalue weighted by Gasteiger charge is 2.35. The van der Waals surface area contributed by atoms with Crippen LogP contribution in [0.4, 0.5) is 10.1 Å². The molecule has 0 bridgehead atoms. The van der Waals surface area contributed by atoms with Crippen molar-refractivity contribution in [1.29, 1.82) is 0 Å². The van der Waals surface area contributed by atoms with E-state index in [0.717, 1.165) is 5.56 Å². The lowest BCUT2D eigenvalue weighted by atomic mass is 10.1. The topological polar surface area (TPSA) is 78.0 Å². The second-order valence-corrected chi connectivity index (χ2v) is 8.50. The quantitative estimate of drug-likeness (QED) is 0.498. The van der Waals surface area contributed by atoms with Crippen molar-refractivity contribution >= 4 is 29.2 Å². The summed E-state index contributed by atoms with van der Waals surface area (Å²) in [4.78, 5) is 53.9. The van der Waals surface area contributed by atoms with E-state index < -0.39 is 5.82 Å². The van der Waals surface area contributed by atoms with Gasteiger partial charge >= 0.3 is 0 Å². The average molecular weight is 451 g/mol. The molecule has 1 fully saturated rings. The lowest BCUT2D eigenvalue weighted by Crippen LogP contribution is -2.49. The summed E-state index contributed by atoms with van der Waals surface area (Å²) in [7, 11) is 0. The normalized spacial score (nSPS) is 15.8. The number of aryl methyl sites for hydroxylation is 1. The minimum Gasteiger partial charge on any atom is -0.366 e. The number of piperazine rings is 1. The first-order valence-corrected chi connectivity index (χ1v) is 11.1. The summed E-state index contributed by atoms with van der Waals surface area (Å²) < 4.78 is 14.4. The molecule has 0 unspecified atom stereocenters. The third-order valence-electron chi connectivity index (χ3n) is 6.23. The van der Waals surface area contributed by atoms with Gasteiger partial charge < -0.3 is 9.80 Å². The van der Waals surface area contributed by atoms with Crippen LogP contribution in [0.25, 0.3) is 0 Å². The van der Waals surface area contributed by atoms with Gasteiger partial charge in [0.05, 0.1) is 16.8 Å². The zero-order valence-corrected chi connectivity index (χ0v) is 18.8. The highest BCUT2D eigenvalue weighted by Crippen LogP contribution is 2.25. The summed E-state index contributed by atoms with van der Waals surface area (Å²) in [5, 5.41) is 0.